The van der Waals surface area contributed by atoms with Gasteiger partial charge in [-0.3, -0.25) is 9.59 Å². The summed E-state index contributed by atoms with van der Waals surface area (Å²) in [5, 5.41) is 7.23. The zero-order valence-electron chi connectivity index (χ0n) is 18.2. The molecule has 0 bridgehead atoms. The number of carbonyl (C=O) groups is 3. The van der Waals surface area contributed by atoms with Crippen molar-refractivity contribution in [2.45, 2.75) is 33.2 Å². The van der Waals surface area contributed by atoms with Crippen LogP contribution in [0.1, 0.15) is 35.1 Å². The Bertz CT molecular complexity index is 1180. The fourth-order valence-corrected chi connectivity index (χ4v) is 3.88. The maximum atomic E-state index is 12.9. The third-order valence-corrected chi connectivity index (χ3v) is 5.31. The van der Waals surface area contributed by atoms with E-state index in [0.717, 1.165) is 17.1 Å². The number of nitrogens with one attached hydrogen (secondary N) is 1. The number of aromatic nitrogens is 2. The van der Waals surface area contributed by atoms with Gasteiger partial charge in [0.25, 0.3) is 5.91 Å². The van der Waals surface area contributed by atoms with Crippen LogP contribution >= 0.6 is 0 Å². The summed E-state index contributed by atoms with van der Waals surface area (Å²) in [5.41, 5.74) is 4.20. The van der Waals surface area contributed by atoms with Gasteiger partial charge in [0.2, 0.25) is 5.91 Å². The smallest absolute Gasteiger partial charge is 0.338 e. The van der Waals surface area contributed by atoms with Crippen molar-refractivity contribution in [3.05, 3.63) is 71.5 Å². The number of para-hydroxylation sites is 2. The van der Waals surface area contributed by atoms with Gasteiger partial charge in [0.15, 0.2) is 6.61 Å². The molecule has 4 rings (SSSR count). The van der Waals surface area contributed by atoms with E-state index >= 15 is 0 Å². The number of hydrogen-bond donors (Lipinski definition) is 1. The zero-order chi connectivity index (χ0) is 22.8. The predicted octanol–water partition coefficient (Wildman–Crippen LogP) is 3.41. The van der Waals surface area contributed by atoms with Crippen molar-refractivity contribution in [1.29, 1.82) is 0 Å². The third kappa shape index (κ3) is 4.25. The highest BCUT2D eigenvalue weighted by Gasteiger charge is 2.30. The van der Waals surface area contributed by atoms with Crippen LogP contribution in [0.15, 0.2) is 54.6 Å². The van der Waals surface area contributed by atoms with Crippen LogP contribution in [0.25, 0.3) is 5.69 Å². The first kappa shape index (κ1) is 21.3. The second-order valence-electron chi connectivity index (χ2n) is 7.84. The van der Waals surface area contributed by atoms with E-state index in [1.807, 2.05) is 19.9 Å². The average Bonchev–Trinajstić information content (AvgIpc) is 3.04. The number of amides is 2. The second-order valence-corrected chi connectivity index (χ2v) is 7.84. The molecule has 1 aliphatic heterocycles. The summed E-state index contributed by atoms with van der Waals surface area (Å²) < 4.78 is 7.08. The molecule has 1 atom stereocenters. The fraction of sp³-hybridized carbons (Fsp3) is 0.250. The van der Waals surface area contributed by atoms with E-state index in [1.165, 1.54) is 4.90 Å². The second kappa shape index (κ2) is 8.66. The molecule has 0 aliphatic carbocycles. The molecule has 32 heavy (non-hydrogen) atoms. The molecule has 1 aromatic heterocycles. The number of rotatable bonds is 4. The maximum Gasteiger partial charge on any atom is 0.338 e. The molecule has 8 heteroatoms. The standard InChI is InChI=1S/C24H24N4O4/c1-15-12-17(3)28(26-15)19-10-8-18(9-11-19)24(31)32-14-23(30)27-16(2)13-22(29)25-20-6-4-5-7-21(20)27/h4-12,16H,13-14H2,1-3H3,(H,25,29). The van der Waals surface area contributed by atoms with Gasteiger partial charge in [-0.2, -0.15) is 5.10 Å². The Labute approximate surface area is 185 Å². The van der Waals surface area contributed by atoms with Gasteiger partial charge in [0.1, 0.15) is 0 Å². The topological polar surface area (TPSA) is 93.5 Å². The summed E-state index contributed by atoms with van der Waals surface area (Å²) in [7, 11) is 0. The maximum absolute atomic E-state index is 12.9. The van der Waals surface area contributed by atoms with Gasteiger partial charge in [-0.1, -0.05) is 12.1 Å². The Morgan fingerprint density at radius 2 is 1.84 bits per heavy atom. The number of benzene rings is 2. The molecule has 0 radical (unpaired) electrons. The third-order valence-electron chi connectivity index (χ3n) is 5.31. The molecular weight excluding hydrogens is 408 g/mol. The molecule has 1 unspecified atom stereocenters. The molecule has 1 N–H and O–H groups in total. The first-order valence-electron chi connectivity index (χ1n) is 10.4. The molecule has 2 heterocycles. The molecule has 0 spiro atoms. The Balaban J connectivity index is 1.45. The number of fused-ring (bicyclic) bond motifs is 1. The highest BCUT2D eigenvalue weighted by Crippen LogP contribution is 2.31. The van der Waals surface area contributed by atoms with E-state index in [0.29, 0.717) is 16.9 Å². The van der Waals surface area contributed by atoms with Crippen LogP contribution in [-0.2, 0) is 14.3 Å². The van der Waals surface area contributed by atoms with Crippen LogP contribution in [0.2, 0.25) is 0 Å². The molecular formula is C24H24N4O4. The van der Waals surface area contributed by atoms with Crippen LogP contribution < -0.4 is 10.2 Å². The number of esters is 1. The normalized spacial score (nSPS) is 15.5. The molecule has 1 aliphatic rings. The van der Waals surface area contributed by atoms with Gasteiger partial charge in [-0.25, -0.2) is 9.48 Å². The van der Waals surface area contributed by atoms with Gasteiger partial charge < -0.3 is 15.0 Å². The average molecular weight is 432 g/mol. The SMILES string of the molecule is Cc1cc(C)n(-c2ccc(C(=O)OCC(=O)N3c4ccccc4NC(=O)CC3C)cc2)n1. The minimum Gasteiger partial charge on any atom is -0.452 e. The number of ether oxygens (including phenoxy) is 1. The van der Waals surface area contributed by atoms with Crippen molar-refractivity contribution in [2.24, 2.45) is 0 Å². The highest BCUT2D eigenvalue weighted by molar-refractivity contribution is 6.05. The quantitative estimate of drug-likeness (QED) is 0.638. The minimum absolute atomic E-state index is 0.155. The van der Waals surface area contributed by atoms with E-state index in [-0.39, 0.29) is 18.4 Å². The van der Waals surface area contributed by atoms with Crippen LogP contribution in [0.3, 0.4) is 0 Å². The Hall–Kier alpha value is -3.94. The molecule has 0 saturated heterocycles. The van der Waals surface area contributed by atoms with Crippen molar-refractivity contribution >= 4 is 29.2 Å². The number of carbonyl (C=O) groups excluding carboxylic acids is 3. The van der Waals surface area contributed by atoms with Gasteiger partial charge in [0.05, 0.1) is 28.3 Å². The molecule has 164 valence electrons. The van der Waals surface area contributed by atoms with E-state index in [2.05, 4.69) is 10.4 Å². The first-order chi connectivity index (χ1) is 15.3. The van der Waals surface area contributed by atoms with E-state index in [9.17, 15) is 14.4 Å². The van der Waals surface area contributed by atoms with E-state index in [4.69, 9.17) is 4.74 Å². The summed E-state index contributed by atoms with van der Waals surface area (Å²) in [6, 6.07) is 15.5. The summed E-state index contributed by atoms with van der Waals surface area (Å²) in [5.74, 6) is -1.16. The van der Waals surface area contributed by atoms with Gasteiger partial charge in [-0.05, 0) is 63.2 Å². The molecule has 8 nitrogen and oxygen atoms in total. The van der Waals surface area contributed by atoms with Crippen molar-refractivity contribution in [1.82, 2.24) is 9.78 Å². The van der Waals surface area contributed by atoms with Crippen LogP contribution in [0.4, 0.5) is 11.4 Å². The lowest BCUT2D eigenvalue weighted by Gasteiger charge is -2.27. The van der Waals surface area contributed by atoms with Crippen molar-refractivity contribution in [3.8, 4) is 5.69 Å². The molecule has 0 fully saturated rings. The lowest BCUT2D eigenvalue weighted by Crippen LogP contribution is -2.41. The van der Waals surface area contributed by atoms with Crippen LogP contribution in [0, 0.1) is 13.8 Å². The minimum atomic E-state index is -0.594. The number of nitrogens with zero attached hydrogens (tertiary/aromatic N) is 3. The molecule has 2 aromatic carbocycles. The van der Waals surface area contributed by atoms with E-state index in [1.54, 1.807) is 60.1 Å². The molecule has 0 saturated carbocycles. The first-order valence-corrected chi connectivity index (χ1v) is 10.4. The number of anilines is 2. The Kier molecular flexibility index (Phi) is 5.77. The van der Waals surface area contributed by atoms with E-state index < -0.39 is 18.5 Å². The lowest BCUT2D eigenvalue weighted by atomic mass is 10.1. The summed E-state index contributed by atoms with van der Waals surface area (Å²) in [6.45, 7) is 5.24. The van der Waals surface area contributed by atoms with Crippen molar-refractivity contribution in [3.63, 3.8) is 0 Å². The highest BCUT2D eigenvalue weighted by atomic mass is 16.5. The largest absolute Gasteiger partial charge is 0.452 e. The zero-order valence-corrected chi connectivity index (χ0v) is 18.2. The number of aryl methyl sites for hydroxylation is 2. The van der Waals surface area contributed by atoms with Crippen molar-refractivity contribution < 1.29 is 19.1 Å². The number of hydrogen-bond acceptors (Lipinski definition) is 5. The van der Waals surface area contributed by atoms with Gasteiger partial charge in [0, 0.05) is 18.2 Å². The monoisotopic (exact) mass is 432 g/mol. The predicted molar refractivity (Wildman–Crippen MR) is 120 cm³/mol. The Morgan fingerprint density at radius 3 is 2.53 bits per heavy atom. The van der Waals surface area contributed by atoms with Gasteiger partial charge in [-0.15, -0.1) is 0 Å². The summed E-state index contributed by atoms with van der Waals surface area (Å²) >= 11 is 0. The van der Waals surface area contributed by atoms with Crippen molar-refractivity contribution in [2.75, 3.05) is 16.8 Å². The van der Waals surface area contributed by atoms with Gasteiger partial charge >= 0.3 is 5.97 Å². The van der Waals surface area contributed by atoms with Crippen LogP contribution in [-0.4, -0.2) is 40.2 Å². The molecule has 3 aromatic rings. The summed E-state index contributed by atoms with van der Waals surface area (Å²) in [4.78, 5) is 39.1. The lowest BCUT2D eigenvalue weighted by molar-refractivity contribution is -0.122. The fourth-order valence-electron chi connectivity index (χ4n) is 3.88. The Morgan fingerprint density at radius 1 is 1.12 bits per heavy atom. The summed E-state index contributed by atoms with van der Waals surface area (Å²) in [6.07, 6.45) is 0.155. The molecule has 2 amide bonds. The van der Waals surface area contributed by atoms with Crippen LogP contribution in [0.5, 0.6) is 0 Å².